The molecule has 1 aromatic rings. The Bertz CT molecular complexity index is 607. The predicted octanol–water partition coefficient (Wildman–Crippen LogP) is 2.38. The summed E-state index contributed by atoms with van der Waals surface area (Å²) in [6.45, 7) is 7.20. The number of aliphatic hydroxyl groups is 1. The molecule has 1 aliphatic rings. The van der Waals surface area contributed by atoms with Crippen molar-refractivity contribution in [1.29, 1.82) is 0 Å². The third-order valence-corrected chi connectivity index (χ3v) is 4.65. The Morgan fingerprint density at radius 3 is 2.80 bits per heavy atom. The molecule has 0 aromatic heterocycles. The molecule has 0 aliphatic carbocycles. The van der Waals surface area contributed by atoms with Crippen molar-refractivity contribution in [3.8, 4) is 0 Å². The van der Waals surface area contributed by atoms with Crippen LogP contribution in [-0.2, 0) is 11.2 Å². The average Bonchev–Trinajstić information content (AvgIpc) is 2.57. The zero-order valence-corrected chi connectivity index (χ0v) is 15.5. The first-order valence-electron chi connectivity index (χ1n) is 9.09. The van der Waals surface area contributed by atoms with Crippen LogP contribution < -0.4 is 5.32 Å². The van der Waals surface area contributed by atoms with Crippen LogP contribution in [0, 0.1) is 5.92 Å². The van der Waals surface area contributed by atoms with Gasteiger partial charge in [-0.1, -0.05) is 12.1 Å². The van der Waals surface area contributed by atoms with Gasteiger partial charge in [0.2, 0.25) is 5.91 Å². The number of piperidine rings is 1. The topological polar surface area (TPSA) is 69.6 Å². The molecule has 0 spiro atoms. The highest BCUT2D eigenvalue weighted by Gasteiger charge is 2.24. The van der Waals surface area contributed by atoms with Gasteiger partial charge < -0.3 is 15.3 Å². The van der Waals surface area contributed by atoms with E-state index in [2.05, 4.69) is 5.32 Å². The largest absolute Gasteiger partial charge is 0.390 e. The van der Waals surface area contributed by atoms with Gasteiger partial charge in [-0.15, -0.1) is 0 Å². The molecule has 2 N–H and O–H groups in total. The fourth-order valence-electron chi connectivity index (χ4n) is 3.20. The van der Waals surface area contributed by atoms with Gasteiger partial charge >= 0.3 is 0 Å². The Morgan fingerprint density at radius 2 is 2.12 bits per heavy atom. The summed E-state index contributed by atoms with van der Waals surface area (Å²) in [6.07, 6.45) is 3.41. The molecule has 25 heavy (non-hydrogen) atoms. The second-order valence-electron chi connectivity index (χ2n) is 7.71. The number of carbonyl (C=O) groups is 2. The Hall–Kier alpha value is -1.88. The van der Waals surface area contributed by atoms with E-state index in [0.29, 0.717) is 31.0 Å². The maximum atomic E-state index is 12.8. The molecular formula is C20H30N2O3. The quantitative estimate of drug-likeness (QED) is 0.831. The number of hydrogen-bond acceptors (Lipinski definition) is 3. The highest BCUT2D eigenvalue weighted by atomic mass is 16.3. The van der Waals surface area contributed by atoms with Gasteiger partial charge in [0, 0.05) is 32.1 Å². The van der Waals surface area contributed by atoms with E-state index in [1.165, 1.54) is 6.92 Å². The number of rotatable bonds is 6. The van der Waals surface area contributed by atoms with E-state index < -0.39 is 5.60 Å². The molecule has 5 heteroatoms. The molecule has 1 fully saturated rings. The van der Waals surface area contributed by atoms with E-state index in [4.69, 9.17) is 0 Å². The van der Waals surface area contributed by atoms with E-state index >= 15 is 0 Å². The molecule has 2 rings (SSSR count). The molecular weight excluding hydrogens is 316 g/mol. The lowest BCUT2D eigenvalue weighted by atomic mass is 9.96. The van der Waals surface area contributed by atoms with Crippen molar-refractivity contribution >= 4 is 11.8 Å². The maximum absolute atomic E-state index is 12.8. The highest BCUT2D eigenvalue weighted by Crippen LogP contribution is 2.20. The minimum absolute atomic E-state index is 0.0250. The van der Waals surface area contributed by atoms with Gasteiger partial charge in [-0.3, -0.25) is 9.59 Å². The number of nitrogens with one attached hydrogen (secondary N) is 1. The minimum Gasteiger partial charge on any atom is -0.390 e. The summed E-state index contributed by atoms with van der Waals surface area (Å²) in [5.74, 6) is 0.348. The van der Waals surface area contributed by atoms with Crippen LogP contribution in [0.4, 0.5) is 0 Å². The Balaban J connectivity index is 1.98. The van der Waals surface area contributed by atoms with Gasteiger partial charge in [0.15, 0.2) is 0 Å². The van der Waals surface area contributed by atoms with Crippen molar-refractivity contribution < 1.29 is 14.7 Å². The fraction of sp³-hybridized carbons (Fsp3) is 0.600. The standard InChI is InChI=1S/C20H30N2O3/c1-15(23)21-13-17-7-5-11-22(14-17)19(24)18-8-4-6-16(12-18)9-10-20(2,3)25/h4,6,8,12,17,25H,5,7,9-11,13-14H2,1-3H3,(H,21,23). The highest BCUT2D eigenvalue weighted by molar-refractivity contribution is 5.94. The molecule has 138 valence electrons. The third kappa shape index (κ3) is 6.50. The van der Waals surface area contributed by atoms with E-state index in [1.807, 2.05) is 29.2 Å². The normalized spacial score (nSPS) is 18.1. The van der Waals surface area contributed by atoms with Crippen LogP contribution in [0.5, 0.6) is 0 Å². The molecule has 1 saturated heterocycles. The number of likely N-dealkylation sites (tertiary alicyclic amines) is 1. The van der Waals surface area contributed by atoms with E-state index in [0.717, 1.165) is 31.4 Å². The smallest absolute Gasteiger partial charge is 0.253 e. The molecule has 1 aliphatic heterocycles. The first kappa shape index (κ1) is 19.4. The zero-order valence-electron chi connectivity index (χ0n) is 15.5. The van der Waals surface area contributed by atoms with Gasteiger partial charge in [0.05, 0.1) is 5.60 Å². The molecule has 5 nitrogen and oxygen atoms in total. The molecule has 1 heterocycles. The summed E-state index contributed by atoms with van der Waals surface area (Å²) < 4.78 is 0. The fourth-order valence-corrected chi connectivity index (χ4v) is 3.20. The van der Waals surface area contributed by atoms with Crippen molar-refractivity contribution in [3.63, 3.8) is 0 Å². The molecule has 1 unspecified atom stereocenters. The number of carbonyl (C=O) groups excluding carboxylic acids is 2. The number of benzene rings is 1. The first-order chi connectivity index (χ1) is 11.7. The molecule has 0 radical (unpaired) electrons. The predicted molar refractivity (Wildman–Crippen MR) is 98.4 cm³/mol. The Kier molecular flexibility index (Phi) is 6.59. The summed E-state index contributed by atoms with van der Waals surface area (Å²) in [4.78, 5) is 25.8. The maximum Gasteiger partial charge on any atom is 0.253 e. The third-order valence-electron chi connectivity index (χ3n) is 4.65. The van der Waals surface area contributed by atoms with E-state index in [1.54, 1.807) is 13.8 Å². The molecule has 2 amide bonds. The second-order valence-corrected chi connectivity index (χ2v) is 7.71. The molecule has 0 saturated carbocycles. The number of hydrogen-bond donors (Lipinski definition) is 2. The first-order valence-corrected chi connectivity index (χ1v) is 9.09. The lowest BCUT2D eigenvalue weighted by molar-refractivity contribution is -0.119. The lowest BCUT2D eigenvalue weighted by Crippen LogP contribution is -2.43. The summed E-state index contributed by atoms with van der Waals surface area (Å²) >= 11 is 0. The number of nitrogens with zero attached hydrogens (tertiary/aromatic N) is 1. The van der Waals surface area contributed by atoms with Crippen LogP contribution in [0.15, 0.2) is 24.3 Å². The van der Waals surface area contributed by atoms with Crippen LogP contribution in [0.3, 0.4) is 0 Å². The van der Waals surface area contributed by atoms with Gasteiger partial charge in [-0.2, -0.15) is 0 Å². The van der Waals surface area contributed by atoms with Gasteiger partial charge in [0.25, 0.3) is 5.91 Å². The number of aryl methyl sites for hydroxylation is 1. The molecule has 1 aromatic carbocycles. The summed E-state index contributed by atoms with van der Waals surface area (Å²) in [5.41, 5.74) is 1.07. The van der Waals surface area contributed by atoms with Crippen LogP contribution in [0.1, 0.15) is 56.0 Å². The van der Waals surface area contributed by atoms with Gasteiger partial charge in [-0.25, -0.2) is 0 Å². The van der Waals surface area contributed by atoms with Gasteiger partial charge in [-0.05, 0) is 63.1 Å². The number of amides is 2. The monoisotopic (exact) mass is 346 g/mol. The van der Waals surface area contributed by atoms with Crippen LogP contribution in [0.25, 0.3) is 0 Å². The van der Waals surface area contributed by atoms with Crippen LogP contribution in [-0.4, -0.2) is 47.1 Å². The van der Waals surface area contributed by atoms with Crippen molar-refractivity contribution in [2.45, 2.75) is 52.1 Å². The van der Waals surface area contributed by atoms with E-state index in [-0.39, 0.29) is 11.8 Å². The van der Waals surface area contributed by atoms with Crippen molar-refractivity contribution in [1.82, 2.24) is 10.2 Å². The summed E-state index contributed by atoms with van der Waals surface area (Å²) in [7, 11) is 0. The average molecular weight is 346 g/mol. The summed E-state index contributed by atoms with van der Waals surface area (Å²) in [5, 5.41) is 12.7. The van der Waals surface area contributed by atoms with Crippen molar-refractivity contribution in [3.05, 3.63) is 35.4 Å². The van der Waals surface area contributed by atoms with Crippen molar-refractivity contribution in [2.24, 2.45) is 5.92 Å². The molecule has 0 bridgehead atoms. The minimum atomic E-state index is -0.705. The molecule has 1 atom stereocenters. The second kappa shape index (κ2) is 8.48. The Labute approximate surface area is 150 Å². The lowest BCUT2D eigenvalue weighted by Gasteiger charge is -2.33. The Morgan fingerprint density at radius 1 is 1.36 bits per heavy atom. The van der Waals surface area contributed by atoms with E-state index in [9.17, 15) is 14.7 Å². The van der Waals surface area contributed by atoms with Crippen molar-refractivity contribution in [2.75, 3.05) is 19.6 Å². The van der Waals surface area contributed by atoms with Crippen LogP contribution >= 0.6 is 0 Å². The van der Waals surface area contributed by atoms with Crippen LogP contribution in [0.2, 0.25) is 0 Å². The summed E-state index contributed by atoms with van der Waals surface area (Å²) in [6, 6.07) is 7.70. The SMILES string of the molecule is CC(=O)NCC1CCCN(C(=O)c2cccc(CCC(C)(C)O)c2)C1. The zero-order chi connectivity index (χ0) is 18.4. The van der Waals surface area contributed by atoms with Gasteiger partial charge in [0.1, 0.15) is 0 Å².